The fourth-order valence-corrected chi connectivity index (χ4v) is 4.28. The minimum absolute atomic E-state index is 0.0773. The number of nitrogens with zero attached hydrogens (tertiary/aromatic N) is 1. The highest BCUT2D eigenvalue weighted by molar-refractivity contribution is 6.51. The van der Waals surface area contributed by atoms with Crippen LogP contribution in [-0.4, -0.2) is 30.0 Å². The number of hydrogen-bond donors (Lipinski definition) is 1. The van der Waals surface area contributed by atoms with Gasteiger partial charge in [-0.3, -0.25) is 14.5 Å². The van der Waals surface area contributed by atoms with Crippen molar-refractivity contribution < 1.29 is 28.6 Å². The molecule has 0 aromatic heterocycles. The number of Topliss-reactive ketones (excluding diaryl/α,β-unsaturated/α-hetero) is 1. The second kappa shape index (κ2) is 8.33. The van der Waals surface area contributed by atoms with E-state index >= 15 is 0 Å². The van der Waals surface area contributed by atoms with Crippen molar-refractivity contribution in [1.29, 1.82) is 0 Å². The van der Waals surface area contributed by atoms with Gasteiger partial charge in [0.15, 0.2) is 11.5 Å². The first kappa shape index (κ1) is 21.7. The van der Waals surface area contributed by atoms with Gasteiger partial charge < -0.3 is 14.6 Å². The van der Waals surface area contributed by atoms with Crippen molar-refractivity contribution >= 4 is 23.1 Å². The lowest BCUT2D eigenvalue weighted by Gasteiger charge is -2.26. The molecule has 2 heterocycles. The molecule has 2 aliphatic rings. The molecule has 0 radical (unpaired) electrons. The summed E-state index contributed by atoms with van der Waals surface area (Å²) in [6, 6.07) is 14.9. The monoisotopic (exact) mass is 459 g/mol. The Balaban J connectivity index is 1.70. The highest BCUT2D eigenvalue weighted by atomic mass is 19.1. The summed E-state index contributed by atoms with van der Waals surface area (Å²) < 4.78 is 24.8. The maximum atomic E-state index is 13.7. The molecule has 3 aromatic carbocycles. The second-order valence-corrected chi connectivity index (χ2v) is 8.35. The molecule has 1 atom stereocenters. The Kier molecular flexibility index (Phi) is 5.32. The molecule has 0 spiro atoms. The number of ketones is 1. The van der Waals surface area contributed by atoms with Gasteiger partial charge in [0, 0.05) is 11.3 Å². The molecule has 0 aliphatic carbocycles. The van der Waals surface area contributed by atoms with Gasteiger partial charge in [-0.05, 0) is 73.0 Å². The van der Waals surface area contributed by atoms with Gasteiger partial charge in [-0.2, -0.15) is 0 Å². The maximum absolute atomic E-state index is 13.7. The van der Waals surface area contributed by atoms with E-state index in [4.69, 9.17) is 9.47 Å². The van der Waals surface area contributed by atoms with Crippen LogP contribution in [0.3, 0.4) is 0 Å². The Morgan fingerprint density at radius 1 is 0.912 bits per heavy atom. The number of benzene rings is 3. The normalized spacial score (nSPS) is 18.9. The molecule has 1 amide bonds. The number of aryl methyl sites for hydroxylation is 2. The number of ether oxygens (including phenoxy) is 2. The molecule has 7 heteroatoms. The predicted octanol–water partition coefficient (Wildman–Crippen LogP) is 4.84. The Morgan fingerprint density at radius 3 is 2.32 bits per heavy atom. The number of carbonyl (C=O) groups excluding carboxylic acids is 2. The van der Waals surface area contributed by atoms with Crippen LogP contribution in [0.2, 0.25) is 0 Å². The number of anilines is 1. The van der Waals surface area contributed by atoms with Crippen LogP contribution in [0.5, 0.6) is 11.5 Å². The number of rotatable bonds is 3. The summed E-state index contributed by atoms with van der Waals surface area (Å²) in [5.74, 6) is -1.39. The molecule has 3 aromatic rings. The van der Waals surface area contributed by atoms with Gasteiger partial charge in [0.05, 0.1) is 11.6 Å². The van der Waals surface area contributed by atoms with Gasteiger partial charge in [-0.15, -0.1) is 0 Å². The van der Waals surface area contributed by atoms with Crippen LogP contribution in [0.15, 0.2) is 66.2 Å². The van der Waals surface area contributed by atoms with Gasteiger partial charge in [0.1, 0.15) is 24.8 Å². The van der Waals surface area contributed by atoms with Crippen LogP contribution in [0.4, 0.5) is 10.1 Å². The third kappa shape index (κ3) is 3.59. The Labute approximate surface area is 195 Å². The molecule has 0 bridgehead atoms. The van der Waals surface area contributed by atoms with E-state index in [1.807, 2.05) is 26.0 Å². The van der Waals surface area contributed by atoms with Crippen molar-refractivity contribution in [1.82, 2.24) is 0 Å². The van der Waals surface area contributed by atoms with E-state index in [0.717, 1.165) is 11.1 Å². The molecule has 172 valence electrons. The fourth-order valence-electron chi connectivity index (χ4n) is 4.28. The topological polar surface area (TPSA) is 76.1 Å². The minimum Gasteiger partial charge on any atom is -0.507 e. The average Bonchev–Trinajstić information content (AvgIpc) is 3.11. The van der Waals surface area contributed by atoms with E-state index < -0.39 is 23.5 Å². The van der Waals surface area contributed by atoms with Gasteiger partial charge in [-0.1, -0.05) is 18.2 Å². The molecule has 1 fully saturated rings. The molecule has 5 rings (SSSR count). The zero-order valence-corrected chi connectivity index (χ0v) is 18.7. The number of amides is 1. The Morgan fingerprint density at radius 2 is 1.62 bits per heavy atom. The lowest BCUT2D eigenvalue weighted by molar-refractivity contribution is -0.132. The maximum Gasteiger partial charge on any atom is 0.300 e. The van der Waals surface area contributed by atoms with E-state index in [-0.39, 0.29) is 11.3 Å². The molecule has 6 nitrogen and oxygen atoms in total. The van der Waals surface area contributed by atoms with Gasteiger partial charge in [-0.25, -0.2) is 4.39 Å². The van der Waals surface area contributed by atoms with Crippen LogP contribution >= 0.6 is 0 Å². The first-order valence-electron chi connectivity index (χ1n) is 10.9. The van der Waals surface area contributed by atoms with Crippen LogP contribution in [-0.2, 0) is 9.59 Å². The first-order valence-corrected chi connectivity index (χ1v) is 10.9. The van der Waals surface area contributed by atoms with E-state index in [0.29, 0.717) is 41.5 Å². The van der Waals surface area contributed by atoms with E-state index in [1.54, 1.807) is 24.3 Å². The zero-order chi connectivity index (χ0) is 24.0. The Hall–Kier alpha value is -4.13. The average molecular weight is 459 g/mol. The fraction of sp³-hybridized carbons (Fsp3) is 0.185. The summed E-state index contributed by atoms with van der Waals surface area (Å²) in [4.78, 5) is 27.9. The lowest BCUT2D eigenvalue weighted by Crippen LogP contribution is -2.29. The molecule has 2 aliphatic heterocycles. The summed E-state index contributed by atoms with van der Waals surface area (Å²) in [5, 5.41) is 11.3. The van der Waals surface area contributed by atoms with Crippen LogP contribution in [0, 0.1) is 19.7 Å². The standard InChI is InChI=1S/C27H22FNO5/c1-15-3-9-20(13-16(15)2)29-24(17-4-7-19(28)8-5-17)23(26(31)27(29)32)25(30)18-6-10-21-22(14-18)34-12-11-33-21/h3-10,13-14,24,30H,11-12H2,1-2H3/b25-23-. The van der Waals surface area contributed by atoms with Crippen molar-refractivity contribution in [3.05, 3.63) is 94.3 Å². The SMILES string of the molecule is Cc1ccc(N2C(=O)C(=O)/C(=C(\O)c3ccc4c(c3)OCCO4)C2c2ccc(F)cc2)cc1C. The van der Waals surface area contributed by atoms with Crippen molar-refractivity contribution in [2.45, 2.75) is 19.9 Å². The molecule has 0 saturated carbocycles. The third-order valence-corrected chi connectivity index (χ3v) is 6.21. The van der Waals surface area contributed by atoms with E-state index in [2.05, 4.69) is 0 Å². The number of hydrogen-bond acceptors (Lipinski definition) is 5. The van der Waals surface area contributed by atoms with Crippen molar-refractivity contribution in [3.63, 3.8) is 0 Å². The lowest BCUT2D eigenvalue weighted by atomic mass is 9.94. The van der Waals surface area contributed by atoms with Gasteiger partial charge in [0.25, 0.3) is 11.7 Å². The van der Waals surface area contributed by atoms with E-state index in [9.17, 15) is 19.1 Å². The number of carbonyl (C=O) groups is 2. The highest BCUT2D eigenvalue weighted by Crippen LogP contribution is 2.43. The summed E-state index contributed by atoms with van der Waals surface area (Å²) in [6.45, 7) is 4.65. The largest absolute Gasteiger partial charge is 0.507 e. The van der Waals surface area contributed by atoms with E-state index in [1.165, 1.54) is 29.2 Å². The van der Waals surface area contributed by atoms with Gasteiger partial charge >= 0.3 is 0 Å². The smallest absolute Gasteiger partial charge is 0.300 e. The zero-order valence-electron chi connectivity index (χ0n) is 18.7. The molecule has 1 saturated heterocycles. The van der Waals surface area contributed by atoms with Crippen LogP contribution < -0.4 is 14.4 Å². The number of fused-ring (bicyclic) bond motifs is 1. The van der Waals surface area contributed by atoms with Crippen LogP contribution in [0.25, 0.3) is 5.76 Å². The van der Waals surface area contributed by atoms with Crippen LogP contribution in [0.1, 0.15) is 28.3 Å². The summed E-state index contributed by atoms with van der Waals surface area (Å²) in [5.41, 5.74) is 3.23. The van der Waals surface area contributed by atoms with Gasteiger partial charge in [0.2, 0.25) is 0 Å². The minimum atomic E-state index is -0.934. The van der Waals surface area contributed by atoms with Crippen molar-refractivity contribution in [2.75, 3.05) is 18.1 Å². The second-order valence-electron chi connectivity index (χ2n) is 8.35. The molecular formula is C27H22FNO5. The summed E-state index contributed by atoms with van der Waals surface area (Å²) in [7, 11) is 0. The quantitative estimate of drug-likeness (QED) is 0.345. The number of halogens is 1. The summed E-state index contributed by atoms with van der Waals surface area (Å²) >= 11 is 0. The first-order chi connectivity index (χ1) is 16.3. The molecular weight excluding hydrogens is 437 g/mol. The highest BCUT2D eigenvalue weighted by Gasteiger charge is 2.47. The Bertz CT molecular complexity index is 1350. The van der Waals surface area contributed by atoms with Crippen molar-refractivity contribution in [2.24, 2.45) is 0 Å². The number of aliphatic hydroxyl groups excluding tert-OH is 1. The third-order valence-electron chi connectivity index (χ3n) is 6.21. The molecule has 1 N–H and O–H groups in total. The van der Waals surface area contributed by atoms with Crippen molar-refractivity contribution in [3.8, 4) is 11.5 Å². The molecule has 34 heavy (non-hydrogen) atoms. The molecule has 1 unspecified atom stereocenters. The number of aliphatic hydroxyl groups is 1. The predicted molar refractivity (Wildman–Crippen MR) is 125 cm³/mol. The summed E-state index contributed by atoms with van der Waals surface area (Å²) in [6.07, 6.45) is 0.